The molecule has 0 spiro atoms. The third kappa shape index (κ3) is 3.81. The van der Waals surface area contributed by atoms with E-state index in [1.807, 2.05) is 11.4 Å². The first-order valence-corrected chi connectivity index (χ1v) is 7.05. The number of thiophene rings is 1. The summed E-state index contributed by atoms with van der Waals surface area (Å²) in [5.41, 5.74) is 1.04. The number of nitrogens with zero attached hydrogens (tertiary/aromatic N) is 2. The largest absolute Gasteiger partial charge is 0.505 e. The number of carbonyl (C=O) groups excluding carboxylic acids is 1. The molecular formula is C15H14N2O3S. The van der Waals surface area contributed by atoms with E-state index in [1.165, 1.54) is 34.7 Å². The van der Waals surface area contributed by atoms with Gasteiger partial charge in [-0.3, -0.25) is 9.78 Å². The number of aromatic hydroxyl groups is 1. The molecule has 0 aliphatic carbocycles. The average Bonchev–Trinajstić information content (AvgIpc) is 2.92. The van der Waals surface area contributed by atoms with Gasteiger partial charge in [-0.2, -0.15) is 0 Å². The molecule has 2 heterocycles. The van der Waals surface area contributed by atoms with Crippen LogP contribution in [0, 0.1) is 11.8 Å². The first kappa shape index (κ1) is 15.0. The van der Waals surface area contributed by atoms with Crippen LogP contribution in [-0.2, 0) is 6.54 Å². The summed E-state index contributed by atoms with van der Waals surface area (Å²) in [4.78, 5) is 18.5. The first-order chi connectivity index (χ1) is 10.1. The quantitative estimate of drug-likeness (QED) is 0.842. The van der Waals surface area contributed by atoms with E-state index in [0.29, 0.717) is 6.54 Å². The lowest BCUT2D eigenvalue weighted by Crippen LogP contribution is -2.25. The van der Waals surface area contributed by atoms with E-state index < -0.39 is 0 Å². The Morgan fingerprint density at radius 3 is 3.05 bits per heavy atom. The maximum absolute atomic E-state index is 12.2. The normalized spacial score (nSPS) is 9.81. The molecule has 2 aromatic heterocycles. The highest BCUT2D eigenvalue weighted by molar-refractivity contribution is 7.10. The first-order valence-electron chi connectivity index (χ1n) is 6.17. The lowest BCUT2D eigenvalue weighted by atomic mass is 10.2. The maximum Gasteiger partial charge on any atom is 0.257 e. The lowest BCUT2D eigenvalue weighted by molar-refractivity contribution is 0.0783. The SMILES string of the molecule is CN(Cc1cc(C#CCO)cs1)C(=O)c1ccncc1O. The van der Waals surface area contributed by atoms with E-state index in [2.05, 4.69) is 16.8 Å². The van der Waals surface area contributed by atoms with Gasteiger partial charge in [-0.25, -0.2) is 0 Å². The molecule has 2 N–H and O–H groups in total. The summed E-state index contributed by atoms with van der Waals surface area (Å²) < 4.78 is 0. The number of aliphatic hydroxyl groups excluding tert-OH is 1. The number of hydrogen-bond donors (Lipinski definition) is 2. The van der Waals surface area contributed by atoms with Crippen molar-refractivity contribution in [1.82, 2.24) is 9.88 Å². The lowest BCUT2D eigenvalue weighted by Gasteiger charge is -2.16. The van der Waals surface area contributed by atoms with Crippen LogP contribution < -0.4 is 0 Å². The van der Waals surface area contributed by atoms with Crippen LogP contribution in [0.5, 0.6) is 5.75 Å². The number of aliphatic hydroxyl groups is 1. The summed E-state index contributed by atoms with van der Waals surface area (Å²) in [6.07, 6.45) is 2.71. The molecule has 5 nitrogen and oxygen atoms in total. The Labute approximate surface area is 126 Å². The molecule has 108 valence electrons. The van der Waals surface area contributed by atoms with Gasteiger partial charge < -0.3 is 15.1 Å². The molecule has 2 rings (SSSR count). The van der Waals surface area contributed by atoms with Gasteiger partial charge in [-0.05, 0) is 12.1 Å². The van der Waals surface area contributed by atoms with Gasteiger partial charge in [0, 0.05) is 29.1 Å². The van der Waals surface area contributed by atoms with Gasteiger partial charge in [-0.15, -0.1) is 11.3 Å². The minimum Gasteiger partial charge on any atom is -0.505 e. The van der Waals surface area contributed by atoms with Crippen molar-refractivity contribution >= 4 is 17.2 Å². The minimum absolute atomic E-state index is 0.130. The van der Waals surface area contributed by atoms with E-state index >= 15 is 0 Å². The van der Waals surface area contributed by atoms with Crippen molar-refractivity contribution in [1.29, 1.82) is 0 Å². The summed E-state index contributed by atoms with van der Waals surface area (Å²) in [5.74, 6) is 4.99. The van der Waals surface area contributed by atoms with Crippen LogP contribution in [0.15, 0.2) is 29.9 Å². The zero-order valence-corrected chi connectivity index (χ0v) is 12.2. The van der Waals surface area contributed by atoms with Gasteiger partial charge in [0.1, 0.15) is 12.4 Å². The fourth-order valence-corrected chi connectivity index (χ4v) is 2.62. The van der Waals surface area contributed by atoms with Crippen molar-refractivity contribution < 1.29 is 15.0 Å². The van der Waals surface area contributed by atoms with Crippen molar-refractivity contribution in [3.05, 3.63) is 45.9 Å². The van der Waals surface area contributed by atoms with Crippen molar-refractivity contribution in [2.45, 2.75) is 6.54 Å². The summed E-state index contributed by atoms with van der Waals surface area (Å²) >= 11 is 1.49. The Morgan fingerprint density at radius 1 is 1.52 bits per heavy atom. The highest BCUT2D eigenvalue weighted by Gasteiger charge is 2.16. The maximum atomic E-state index is 12.2. The molecule has 0 saturated carbocycles. The predicted octanol–water partition coefficient (Wildman–Crippen LogP) is 1.46. The minimum atomic E-state index is -0.272. The molecule has 0 radical (unpaired) electrons. The monoisotopic (exact) mass is 302 g/mol. The second-order valence-electron chi connectivity index (χ2n) is 4.32. The number of rotatable bonds is 3. The molecule has 0 aromatic carbocycles. The molecule has 0 aliphatic rings. The van der Waals surface area contributed by atoms with Crippen molar-refractivity contribution in [2.75, 3.05) is 13.7 Å². The Morgan fingerprint density at radius 2 is 2.33 bits per heavy atom. The molecule has 0 fully saturated rings. The highest BCUT2D eigenvalue weighted by Crippen LogP contribution is 2.19. The van der Waals surface area contributed by atoms with Crippen LogP contribution >= 0.6 is 11.3 Å². The van der Waals surface area contributed by atoms with E-state index in [1.54, 1.807) is 7.05 Å². The van der Waals surface area contributed by atoms with Gasteiger partial charge in [0.15, 0.2) is 0 Å². The molecule has 1 amide bonds. The fourth-order valence-electron chi connectivity index (χ4n) is 1.75. The molecule has 0 aliphatic heterocycles. The molecule has 0 bridgehead atoms. The van der Waals surface area contributed by atoms with Gasteiger partial charge in [0.05, 0.1) is 18.3 Å². The van der Waals surface area contributed by atoms with E-state index in [0.717, 1.165) is 10.4 Å². The molecule has 21 heavy (non-hydrogen) atoms. The summed E-state index contributed by atoms with van der Waals surface area (Å²) in [6, 6.07) is 3.37. The number of carbonyl (C=O) groups is 1. The molecule has 0 atom stereocenters. The van der Waals surface area contributed by atoms with Gasteiger partial charge >= 0.3 is 0 Å². The molecule has 0 saturated heterocycles. The Hall–Kier alpha value is -2.36. The van der Waals surface area contributed by atoms with E-state index in [4.69, 9.17) is 5.11 Å². The average molecular weight is 302 g/mol. The van der Waals surface area contributed by atoms with Crippen LogP contribution in [0.3, 0.4) is 0 Å². The van der Waals surface area contributed by atoms with Crippen molar-refractivity contribution in [3.8, 4) is 17.6 Å². The zero-order chi connectivity index (χ0) is 15.2. The number of pyridine rings is 1. The Kier molecular flexibility index (Phi) is 4.93. The summed E-state index contributed by atoms with van der Waals surface area (Å²) in [6.45, 7) is 0.247. The van der Waals surface area contributed by atoms with Gasteiger partial charge in [0.25, 0.3) is 5.91 Å². The molecular weight excluding hydrogens is 288 g/mol. The van der Waals surface area contributed by atoms with Crippen LogP contribution in [-0.4, -0.2) is 39.7 Å². The predicted molar refractivity (Wildman–Crippen MR) is 80.0 cm³/mol. The summed E-state index contributed by atoms with van der Waals surface area (Å²) in [7, 11) is 1.67. The smallest absolute Gasteiger partial charge is 0.257 e. The second-order valence-corrected chi connectivity index (χ2v) is 5.31. The summed E-state index contributed by atoms with van der Waals surface area (Å²) in [5, 5.41) is 20.2. The van der Waals surface area contributed by atoms with Crippen LogP contribution in [0.4, 0.5) is 0 Å². The van der Waals surface area contributed by atoms with Crippen LogP contribution in [0.1, 0.15) is 20.8 Å². The highest BCUT2D eigenvalue weighted by atomic mass is 32.1. The standard InChI is InChI=1S/C15H14N2O3S/c1-17(15(20)13-4-5-16-8-14(13)19)9-12-7-11(10-21-12)3-2-6-18/h4-5,7-8,10,18-19H,6,9H2,1H3. The van der Waals surface area contributed by atoms with E-state index in [-0.39, 0.29) is 23.8 Å². The zero-order valence-electron chi connectivity index (χ0n) is 11.4. The van der Waals surface area contributed by atoms with Gasteiger partial charge in [0.2, 0.25) is 0 Å². The van der Waals surface area contributed by atoms with Gasteiger partial charge in [-0.1, -0.05) is 11.8 Å². The molecule has 0 unspecified atom stereocenters. The molecule has 2 aromatic rings. The Balaban J connectivity index is 2.07. The fraction of sp³-hybridized carbons (Fsp3) is 0.200. The third-order valence-electron chi connectivity index (χ3n) is 2.74. The third-order valence-corrected chi connectivity index (χ3v) is 3.66. The van der Waals surface area contributed by atoms with Crippen molar-refractivity contribution in [3.63, 3.8) is 0 Å². The van der Waals surface area contributed by atoms with Crippen LogP contribution in [0.2, 0.25) is 0 Å². The number of amides is 1. The number of hydrogen-bond acceptors (Lipinski definition) is 5. The molecule has 6 heteroatoms. The topological polar surface area (TPSA) is 73.7 Å². The van der Waals surface area contributed by atoms with E-state index in [9.17, 15) is 9.90 Å². The Bertz CT molecular complexity index is 700. The van der Waals surface area contributed by atoms with Crippen LogP contribution in [0.25, 0.3) is 0 Å². The van der Waals surface area contributed by atoms with Crippen molar-refractivity contribution in [2.24, 2.45) is 0 Å². The number of aromatic nitrogens is 1. The second kappa shape index (κ2) is 6.88.